The summed E-state index contributed by atoms with van der Waals surface area (Å²) in [5.74, 6) is 1.70. The predicted molar refractivity (Wildman–Crippen MR) is 79.0 cm³/mol. The van der Waals surface area contributed by atoms with Crippen molar-refractivity contribution in [1.82, 2.24) is 14.8 Å². The summed E-state index contributed by atoms with van der Waals surface area (Å²) in [6.45, 7) is 4.30. The van der Waals surface area contributed by atoms with Gasteiger partial charge in [0.25, 0.3) is 0 Å². The zero-order valence-corrected chi connectivity index (χ0v) is 13.1. The summed E-state index contributed by atoms with van der Waals surface area (Å²) in [7, 11) is 0. The number of carbonyl (C=O) groups is 1. The van der Waals surface area contributed by atoms with E-state index < -0.39 is 5.41 Å². The van der Waals surface area contributed by atoms with E-state index in [1.807, 2.05) is 13.8 Å². The minimum atomic E-state index is -0.556. The van der Waals surface area contributed by atoms with Crippen molar-refractivity contribution < 1.29 is 9.53 Å². The first kappa shape index (κ1) is 14.5. The molecule has 5 heteroatoms. The van der Waals surface area contributed by atoms with Gasteiger partial charge in [-0.3, -0.25) is 4.79 Å². The zero-order chi connectivity index (χ0) is 14.9. The first-order valence-corrected chi connectivity index (χ1v) is 8.28. The van der Waals surface area contributed by atoms with Crippen LogP contribution < -0.4 is 0 Å². The molecule has 2 fully saturated rings. The minimum Gasteiger partial charge on any atom is -0.465 e. The predicted octanol–water partition coefficient (Wildman–Crippen LogP) is 3.08. The molecule has 0 bridgehead atoms. The molecule has 2 saturated carbocycles. The van der Waals surface area contributed by atoms with Gasteiger partial charge in [-0.2, -0.15) is 0 Å². The van der Waals surface area contributed by atoms with Gasteiger partial charge in [-0.1, -0.05) is 25.7 Å². The lowest BCUT2D eigenvalue weighted by atomic mass is 9.84. The summed E-state index contributed by atoms with van der Waals surface area (Å²) >= 11 is 0. The Kier molecular flexibility index (Phi) is 4.00. The van der Waals surface area contributed by atoms with Gasteiger partial charge in [0.15, 0.2) is 5.82 Å². The highest BCUT2D eigenvalue weighted by molar-refractivity contribution is 5.82. The van der Waals surface area contributed by atoms with Crippen LogP contribution in [0.2, 0.25) is 0 Å². The van der Waals surface area contributed by atoms with Crippen LogP contribution in [0.25, 0.3) is 0 Å². The maximum absolute atomic E-state index is 12.6. The fraction of sp³-hybridized carbons (Fsp3) is 0.812. The van der Waals surface area contributed by atoms with Gasteiger partial charge in [-0.15, -0.1) is 10.2 Å². The van der Waals surface area contributed by atoms with E-state index in [9.17, 15) is 4.79 Å². The van der Waals surface area contributed by atoms with E-state index in [2.05, 4.69) is 14.8 Å². The van der Waals surface area contributed by atoms with Gasteiger partial charge in [0.1, 0.15) is 11.2 Å². The largest absolute Gasteiger partial charge is 0.465 e. The molecule has 0 unspecified atom stereocenters. The second kappa shape index (κ2) is 5.78. The molecule has 1 heterocycles. The van der Waals surface area contributed by atoms with Gasteiger partial charge in [0.2, 0.25) is 0 Å². The Morgan fingerprint density at radius 1 is 1.24 bits per heavy atom. The third-order valence-electron chi connectivity index (χ3n) is 5.11. The van der Waals surface area contributed by atoms with Crippen LogP contribution >= 0.6 is 0 Å². The lowest BCUT2D eigenvalue weighted by Crippen LogP contribution is -2.38. The van der Waals surface area contributed by atoms with E-state index in [1.54, 1.807) is 0 Å². The molecule has 5 nitrogen and oxygen atoms in total. The molecule has 1 aromatic heterocycles. The number of hydrogen-bond acceptors (Lipinski definition) is 4. The lowest BCUT2D eigenvalue weighted by Gasteiger charge is -2.28. The summed E-state index contributed by atoms with van der Waals surface area (Å²) in [4.78, 5) is 12.6. The van der Waals surface area contributed by atoms with E-state index in [1.165, 1.54) is 25.7 Å². The Morgan fingerprint density at radius 3 is 2.52 bits per heavy atom. The number of aryl methyl sites for hydroxylation is 1. The summed E-state index contributed by atoms with van der Waals surface area (Å²) in [6.07, 6.45) is 8.68. The molecule has 0 amide bonds. The Labute approximate surface area is 126 Å². The molecule has 1 aromatic rings. The summed E-state index contributed by atoms with van der Waals surface area (Å²) in [5.41, 5.74) is -0.556. The molecule has 0 spiro atoms. The number of rotatable bonds is 4. The second-order valence-corrected chi connectivity index (χ2v) is 6.39. The maximum atomic E-state index is 12.6. The first-order chi connectivity index (χ1) is 10.2. The third-order valence-corrected chi connectivity index (χ3v) is 5.11. The molecule has 3 rings (SSSR count). The highest BCUT2D eigenvalue weighted by Gasteiger charge is 2.49. The third kappa shape index (κ3) is 2.36. The van der Waals surface area contributed by atoms with Crippen LogP contribution in [0.1, 0.15) is 76.0 Å². The molecule has 116 valence electrons. The Bertz CT molecular complexity index is 512. The van der Waals surface area contributed by atoms with Crippen molar-refractivity contribution in [3.63, 3.8) is 0 Å². The van der Waals surface area contributed by atoms with Crippen LogP contribution in [-0.4, -0.2) is 27.3 Å². The van der Waals surface area contributed by atoms with Crippen LogP contribution in [0.5, 0.6) is 0 Å². The highest BCUT2D eigenvalue weighted by atomic mass is 16.5. The van der Waals surface area contributed by atoms with Crippen LogP contribution in [0.3, 0.4) is 0 Å². The van der Waals surface area contributed by atoms with Crippen LogP contribution in [0.15, 0.2) is 0 Å². The monoisotopic (exact) mass is 291 g/mol. The van der Waals surface area contributed by atoms with Crippen LogP contribution in [-0.2, 0) is 14.9 Å². The number of hydrogen-bond donors (Lipinski definition) is 0. The highest BCUT2D eigenvalue weighted by Crippen LogP contribution is 2.44. The number of aromatic nitrogens is 3. The van der Waals surface area contributed by atoms with Crippen LogP contribution in [0, 0.1) is 6.92 Å². The quantitative estimate of drug-likeness (QED) is 0.800. The minimum absolute atomic E-state index is 0.103. The molecule has 0 N–H and O–H groups in total. The van der Waals surface area contributed by atoms with Gasteiger partial charge < -0.3 is 9.30 Å². The van der Waals surface area contributed by atoms with E-state index in [0.29, 0.717) is 12.6 Å². The number of ether oxygens (including phenoxy) is 1. The summed E-state index contributed by atoms with van der Waals surface area (Å²) in [5, 5.41) is 8.73. The molecule has 0 atom stereocenters. The molecule has 0 radical (unpaired) electrons. The molecule has 2 aliphatic carbocycles. The lowest BCUT2D eigenvalue weighted by molar-refractivity contribution is -0.150. The maximum Gasteiger partial charge on any atom is 0.319 e. The number of carbonyl (C=O) groups excluding carboxylic acids is 1. The van der Waals surface area contributed by atoms with Crippen molar-refractivity contribution in [2.24, 2.45) is 0 Å². The van der Waals surface area contributed by atoms with Crippen molar-refractivity contribution in [1.29, 1.82) is 0 Å². The molecular formula is C16H25N3O2. The summed E-state index contributed by atoms with van der Waals surface area (Å²) in [6, 6.07) is 0.460. The van der Waals surface area contributed by atoms with Crippen LogP contribution in [0.4, 0.5) is 0 Å². The van der Waals surface area contributed by atoms with E-state index >= 15 is 0 Å². The van der Waals surface area contributed by atoms with Crippen molar-refractivity contribution in [2.45, 2.75) is 76.7 Å². The molecule has 2 aliphatic rings. The average Bonchev–Trinajstić information content (AvgIpc) is 3.18. The standard InChI is InChI=1S/C16H25N3O2/c1-3-21-15(20)16(10-6-7-11-16)14-18-17-12(2)19(14)13-8-4-5-9-13/h13H,3-11H2,1-2H3. The van der Waals surface area contributed by atoms with Crippen molar-refractivity contribution in [3.05, 3.63) is 11.6 Å². The smallest absolute Gasteiger partial charge is 0.319 e. The van der Waals surface area contributed by atoms with Gasteiger partial charge >= 0.3 is 5.97 Å². The normalized spacial score (nSPS) is 21.8. The Morgan fingerprint density at radius 2 is 1.90 bits per heavy atom. The van der Waals surface area contributed by atoms with E-state index in [4.69, 9.17) is 4.74 Å². The number of nitrogens with zero attached hydrogens (tertiary/aromatic N) is 3. The van der Waals surface area contributed by atoms with Gasteiger partial charge in [0, 0.05) is 6.04 Å². The fourth-order valence-electron chi connectivity index (χ4n) is 4.06. The number of esters is 1. The van der Waals surface area contributed by atoms with Crippen molar-refractivity contribution in [2.75, 3.05) is 6.61 Å². The van der Waals surface area contributed by atoms with Gasteiger partial charge in [-0.05, 0) is 39.5 Å². The van der Waals surface area contributed by atoms with E-state index in [0.717, 1.165) is 37.3 Å². The van der Waals surface area contributed by atoms with Gasteiger partial charge in [-0.25, -0.2) is 0 Å². The van der Waals surface area contributed by atoms with E-state index in [-0.39, 0.29) is 5.97 Å². The molecule has 0 aliphatic heterocycles. The van der Waals surface area contributed by atoms with Crippen molar-refractivity contribution in [3.8, 4) is 0 Å². The SMILES string of the molecule is CCOC(=O)C1(c2nnc(C)n2C2CCCC2)CCCC1. The molecule has 21 heavy (non-hydrogen) atoms. The fourth-order valence-corrected chi connectivity index (χ4v) is 4.06. The van der Waals surface area contributed by atoms with Crippen molar-refractivity contribution >= 4 is 5.97 Å². The molecule has 0 aromatic carbocycles. The van der Waals surface area contributed by atoms with Gasteiger partial charge in [0.05, 0.1) is 6.61 Å². The molecule has 0 saturated heterocycles. The average molecular weight is 291 g/mol. The Hall–Kier alpha value is -1.39. The summed E-state index contributed by atoms with van der Waals surface area (Å²) < 4.78 is 7.64. The first-order valence-electron chi connectivity index (χ1n) is 8.28. The zero-order valence-electron chi connectivity index (χ0n) is 13.1. The topological polar surface area (TPSA) is 57.0 Å². The second-order valence-electron chi connectivity index (χ2n) is 6.39. The Balaban J connectivity index is 2.02. The molecular weight excluding hydrogens is 266 g/mol.